The van der Waals surface area contributed by atoms with Gasteiger partial charge in [0.2, 0.25) is 5.91 Å². The van der Waals surface area contributed by atoms with E-state index in [0.29, 0.717) is 11.5 Å². The summed E-state index contributed by atoms with van der Waals surface area (Å²) in [6.07, 6.45) is 0.934. The van der Waals surface area contributed by atoms with Crippen LogP contribution in [0.4, 0.5) is 5.69 Å². The zero-order valence-corrected chi connectivity index (χ0v) is 15.9. The van der Waals surface area contributed by atoms with E-state index in [-0.39, 0.29) is 11.5 Å². The van der Waals surface area contributed by atoms with E-state index in [0.717, 1.165) is 17.8 Å². The molecule has 7 heteroatoms. The Balaban J connectivity index is 1.85. The van der Waals surface area contributed by atoms with Gasteiger partial charge in [0.25, 0.3) is 5.56 Å². The van der Waals surface area contributed by atoms with E-state index >= 15 is 0 Å². The van der Waals surface area contributed by atoms with Crippen molar-refractivity contribution in [2.45, 2.75) is 40.2 Å². The van der Waals surface area contributed by atoms with Crippen LogP contribution in [0.5, 0.6) is 0 Å². The molecule has 7 nitrogen and oxygen atoms in total. The number of nitrogens with one attached hydrogen (secondary N) is 1. The highest BCUT2D eigenvalue weighted by Crippen LogP contribution is 2.13. The van der Waals surface area contributed by atoms with Crippen molar-refractivity contribution >= 4 is 11.6 Å². The number of hydrogen-bond donors (Lipinski definition) is 1. The Bertz CT molecular complexity index is 1020. The first-order chi connectivity index (χ1) is 12.9. The zero-order chi connectivity index (χ0) is 19.6. The molecule has 2 aromatic heterocycles. The van der Waals surface area contributed by atoms with Crippen LogP contribution in [0.1, 0.15) is 36.8 Å². The van der Waals surface area contributed by atoms with E-state index in [1.165, 1.54) is 16.3 Å². The molecule has 1 unspecified atom stereocenters. The normalized spacial score (nSPS) is 12.0. The number of anilines is 1. The molecular formula is C20H23N5O2. The molecule has 27 heavy (non-hydrogen) atoms. The van der Waals surface area contributed by atoms with Crippen molar-refractivity contribution in [3.05, 3.63) is 69.8 Å². The van der Waals surface area contributed by atoms with Crippen molar-refractivity contribution in [1.82, 2.24) is 19.6 Å². The number of carbonyl (C=O) groups excluding carboxylic acids is 1. The fourth-order valence-electron chi connectivity index (χ4n) is 2.85. The van der Waals surface area contributed by atoms with Crippen LogP contribution in [0, 0.1) is 13.8 Å². The molecule has 0 aliphatic carbocycles. The third-order valence-corrected chi connectivity index (χ3v) is 4.41. The average molecular weight is 365 g/mol. The quantitative estimate of drug-likeness (QED) is 0.754. The van der Waals surface area contributed by atoms with Gasteiger partial charge in [-0.15, -0.1) is 5.10 Å². The monoisotopic (exact) mass is 365 g/mol. The molecular weight excluding hydrogens is 342 g/mol. The molecule has 0 bridgehead atoms. The van der Waals surface area contributed by atoms with E-state index in [4.69, 9.17) is 0 Å². The summed E-state index contributed by atoms with van der Waals surface area (Å²) in [4.78, 5) is 24.9. The summed E-state index contributed by atoms with van der Waals surface area (Å²) in [5.41, 5.74) is 3.29. The molecule has 0 aliphatic rings. The maximum Gasteiger partial charge on any atom is 0.267 e. The van der Waals surface area contributed by atoms with E-state index < -0.39 is 6.04 Å². The van der Waals surface area contributed by atoms with Gasteiger partial charge in [-0.2, -0.15) is 5.10 Å². The first kappa shape index (κ1) is 18.6. The van der Waals surface area contributed by atoms with Crippen molar-refractivity contribution in [3.8, 4) is 5.82 Å². The molecule has 0 fully saturated rings. The molecule has 0 saturated carbocycles. The minimum absolute atomic E-state index is 0.306. The summed E-state index contributed by atoms with van der Waals surface area (Å²) in [6.45, 7) is 7.52. The predicted molar refractivity (Wildman–Crippen MR) is 104 cm³/mol. The van der Waals surface area contributed by atoms with Crippen molar-refractivity contribution in [2.24, 2.45) is 0 Å². The fraction of sp³-hybridized carbons (Fsp3) is 0.300. The molecule has 1 aromatic carbocycles. The number of benzene rings is 1. The minimum Gasteiger partial charge on any atom is -0.324 e. The lowest BCUT2D eigenvalue weighted by atomic mass is 10.1. The molecule has 3 aromatic rings. The summed E-state index contributed by atoms with van der Waals surface area (Å²) < 4.78 is 2.83. The van der Waals surface area contributed by atoms with Gasteiger partial charge in [0, 0.05) is 17.4 Å². The van der Waals surface area contributed by atoms with Crippen molar-refractivity contribution in [1.29, 1.82) is 0 Å². The van der Waals surface area contributed by atoms with Gasteiger partial charge in [-0.1, -0.05) is 19.1 Å². The lowest BCUT2D eigenvalue weighted by Gasteiger charge is -2.15. The standard InChI is InChI=1S/C20H23N5O2/c1-5-16-6-8-17(9-7-16)21-20(27)15(4)25-19(26)11-10-18(23-25)24-14(3)12-13(2)22-24/h6-12,15H,5H2,1-4H3,(H,21,27). The Morgan fingerprint density at radius 3 is 2.41 bits per heavy atom. The molecule has 0 radical (unpaired) electrons. The maximum atomic E-state index is 12.6. The Morgan fingerprint density at radius 1 is 1.11 bits per heavy atom. The second kappa shape index (κ2) is 7.57. The third-order valence-electron chi connectivity index (χ3n) is 4.41. The highest BCUT2D eigenvalue weighted by molar-refractivity contribution is 5.93. The van der Waals surface area contributed by atoms with E-state index in [2.05, 4.69) is 22.4 Å². The Morgan fingerprint density at radius 2 is 1.81 bits per heavy atom. The maximum absolute atomic E-state index is 12.6. The highest BCUT2D eigenvalue weighted by Gasteiger charge is 2.19. The molecule has 0 spiro atoms. The van der Waals surface area contributed by atoms with Gasteiger partial charge in [-0.3, -0.25) is 9.59 Å². The second-order valence-electron chi connectivity index (χ2n) is 6.53. The van der Waals surface area contributed by atoms with Gasteiger partial charge in [0.15, 0.2) is 5.82 Å². The third kappa shape index (κ3) is 3.97. The summed E-state index contributed by atoms with van der Waals surface area (Å²) in [5.74, 6) is 0.187. The first-order valence-corrected chi connectivity index (χ1v) is 8.92. The lowest BCUT2D eigenvalue weighted by molar-refractivity contribution is -0.119. The summed E-state index contributed by atoms with van der Waals surface area (Å²) >= 11 is 0. The molecule has 2 heterocycles. The number of hydrogen-bond acceptors (Lipinski definition) is 4. The van der Waals surface area contributed by atoms with Gasteiger partial charge < -0.3 is 5.32 Å². The van der Waals surface area contributed by atoms with Crippen molar-refractivity contribution < 1.29 is 4.79 Å². The van der Waals surface area contributed by atoms with Gasteiger partial charge in [0.1, 0.15) is 6.04 Å². The molecule has 1 atom stereocenters. The minimum atomic E-state index is -0.764. The number of aryl methyl sites for hydroxylation is 3. The molecule has 0 saturated heterocycles. The number of carbonyl (C=O) groups is 1. The van der Waals surface area contributed by atoms with Crippen molar-refractivity contribution in [3.63, 3.8) is 0 Å². The van der Waals surface area contributed by atoms with Gasteiger partial charge in [-0.25, -0.2) is 9.36 Å². The van der Waals surface area contributed by atoms with Crippen LogP contribution in [0.3, 0.4) is 0 Å². The average Bonchev–Trinajstić information content (AvgIpc) is 3.00. The molecule has 1 N–H and O–H groups in total. The van der Waals surface area contributed by atoms with Crippen LogP contribution >= 0.6 is 0 Å². The Kier molecular flexibility index (Phi) is 5.21. The molecule has 3 rings (SSSR count). The summed E-state index contributed by atoms with van der Waals surface area (Å²) in [7, 11) is 0. The largest absolute Gasteiger partial charge is 0.324 e. The van der Waals surface area contributed by atoms with Gasteiger partial charge >= 0.3 is 0 Å². The van der Waals surface area contributed by atoms with Crippen LogP contribution < -0.4 is 10.9 Å². The summed E-state index contributed by atoms with van der Waals surface area (Å²) in [6, 6.07) is 11.8. The van der Waals surface area contributed by atoms with Crippen molar-refractivity contribution in [2.75, 3.05) is 5.32 Å². The Hall–Kier alpha value is -3.22. The van der Waals surface area contributed by atoms with Crippen LogP contribution in [0.2, 0.25) is 0 Å². The van der Waals surface area contributed by atoms with E-state index in [9.17, 15) is 9.59 Å². The highest BCUT2D eigenvalue weighted by atomic mass is 16.2. The lowest BCUT2D eigenvalue weighted by Crippen LogP contribution is -2.33. The SMILES string of the molecule is CCc1ccc(NC(=O)C(C)n2nc(-n3nc(C)cc3C)ccc2=O)cc1. The number of nitrogens with zero attached hydrogens (tertiary/aromatic N) is 4. The topological polar surface area (TPSA) is 81.8 Å². The van der Waals surface area contributed by atoms with Gasteiger partial charge in [-0.05, 0) is 57.0 Å². The summed E-state index contributed by atoms with van der Waals surface area (Å²) in [5, 5.41) is 11.6. The van der Waals surface area contributed by atoms with Crippen LogP contribution in [-0.2, 0) is 11.2 Å². The predicted octanol–water partition coefficient (Wildman–Crippen LogP) is 2.81. The Labute approximate surface area is 157 Å². The first-order valence-electron chi connectivity index (χ1n) is 8.92. The van der Waals surface area contributed by atoms with Crippen LogP contribution in [0.25, 0.3) is 5.82 Å². The van der Waals surface area contributed by atoms with E-state index in [1.807, 2.05) is 44.2 Å². The van der Waals surface area contributed by atoms with Crippen LogP contribution in [0.15, 0.2) is 47.3 Å². The number of rotatable bonds is 5. The fourth-order valence-corrected chi connectivity index (χ4v) is 2.85. The smallest absolute Gasteiger partial charge is 0.267 e. The molecule has 1 amide bonds. The van der Waals surface area contributed by atoms with E-state index in [1.54, 1.807) is 17.7 Å². The number of amides is 1. The zero-order valence-electron chi connectivity index (χ0n) is 15.9. The second-order valence-corrected chi connectivity index (χ2v) is 6.53. The van der Waals surface area contributed by atoms with Crippen LogP contribution in [-0.4, -0.2) is 25.5 Å². The van der Waals surface area contributed by atoms with Gasteiger partial charge in [0.05, 0.1) is 5.69 Å². The molecule has 140 valence electrons. The molecule has 0 aliphatic heterocycles. The number of aromatic nitrogens is 4.